The molecule has 0 bridgehead atoms. The van der Waals surface area contributed by atoms with E-state index in [0.717, 1.165) is 24.3 Å². The van der Waals surface area contributed by atoms with Crippen molar-refractivity contribution in [2.45, 2.75) is 6.10 Å². The third-order valence-corrected chi connectivity index (χ3v) is 4.84. The normalized spacial score (nSPS) is 16.5. The van der Waals surface area contributed by atoms with Crippen molar-refractivity contribution in [3.05, 3.63) is 42.4 Å². The molecule has 1 unspecified atom stereocenters. The van der Waals surface area contributed by atoms with Gasteiger partial charge in [0.15, 0.2) is 11.5 Å². The van der Waals surface area contributed by atoms with Gasteiger partial charge in [0.2, 0.25) is 0 Å². The molecule has 0 aliphatic carbocycles. The Morgan fingerprint density at radius 2 is 2.16 bits per heavy atom. The number of methoxy groups -OCH3 is 1. The van der Waals surface area contributed by atoms with E-state index in [9.17, 15) is 0 Å². The second kappa shape index (κ2) is 9.42. The topological polar surface area (TPSA) is 121 Å². The van der Waals surface area contributed by atoms with E-state index >= 15 is 0 Å². The van der Waals surface area contributed by atoms with Crippen molar-refractivity contribution in [1.29, 1.82) is 5.26 Å². The standard InChI is InChI=1S/C21H23N7O3/c1-28-6-7-30-15(12-28)13-31-18-5-3-4-17(29-2)21(18)16-8-19(27-26-16)25-20-11-23-14(9-22)10-24-20/h3-5,8,10-11,15H,6-7,12-13H2,1-2H3,(H2,24,25,26,27). The van der Waals surface area contributed by atoms with Crippen molar-refractivity contribution >= 4 is 11.6 Å². The predicted molar refractivity (Wildman–Crippen MR) is 113 cm³/mol. The number of anilines is 2. The fraction of sp³-hybridized carbons (Fsp3) is 0.333. The Kier molecular flexibility index (Phi) is 6.26. The fourth-order valence-corrected chi connectivity index (χ4v) is 3.31. The van der Waals surface area contributed by atoms with Gasteiger partial charge in [-0.3, -0.25) is 5.10 Å². The third kappa shape index (κ3) is 4.91. The summed E-state index contributed by atoms with van der Waals surface area (Å²) in [6, 6.07) is 9.41. The van der Waals surface area contributed by atoms with Gasteiger partial charge >= 0.3 is 0 Å². The molecule has 0 radical (unpaired) electrons. The van der Waals surface area contributed by atoms with Gasteiger partial charge in [-0.1, -0.05) is 6.07 Å². The average molecular weight is 421 g/mol. The minimum Gasteiger partial charge on any atom is -0.496 e. The average Bonchev–Trinajstić information content (AvgIpc) is 3.26. The first-order chi connectivity index (χ1) is 15.2. The first-order valence-electron chi connectivity index (χ1n) is 9.81. The van der Waals surface area contributed by atoms with E-state index in [4.69, 9.17) is 19.5 Å². The SMILES string of the molecule is COc1cccc(OCC2CN(C)CCO2)c1-c1cc(Nc2cnc(C#N)cn2)n[nH]1. The minimum absolute atomic E-state index is 0.00625. The Hall–Kier alpha value is -3.68. The highest BCUT2D eigenvalue weighted by atomic mass is 16.5. The molecular weight excluding hydrogens is 398 g/mol. The summed E-state index contributed by atoms with van der Waals surface area (Å²) in [5.41, 5.74) is 1.73. The number of rotatable bonds is 7. The van der Waals surface area contributed by atoms with Crippen LogP contribution in [0.2, 0.25) is 0 Å². The zero-order valence-corrected chi connectivity index (χ0v) is 17.3. The van der Waals surface area contributed by atoms with Crippen LogP contribution in [0.4, 0.5) is 11.6 Å². The van der Waals surface area contributed by atoms with E-state index in [1.54, 1.807) is 7.11 Å². The van der Waals surface area contributed by atoms with Gasteiger partial charge in [-0.2, -0.15) is 10.4 Å². The number of nitriles is 1. The van der Waals surface area contributed by atoms with Crippen LogP contribution in [-0.4, -0.2) is 71.6 Å². The van der Waals surface area contributed by atoms with Gasteiger partial charge in [0, 0.05) is 19.2 Å². The first-order valence-corrected chi connectivity index (χ1v) is 9.81. The van der Waals surface area contributed by atoms with Crippen LogP contribution >= 0.6 is 0 Å². The molecule has 1 atom stereocenters. The van der Waals surface area contributed by atoms with Crippen LogP contribution in [0.3, 0.4) is 0 Å². The fourth-order valence-electron chi connectivity index (χ4n) is 3.31. The molecule has 1 saturated heterocycles. The quantitative estimate of drug-likeness (QED) is 0.591. The lowest BCUT2D eigenvalue weighted by atomic mass is 10.1. The number of aromatic amines is 1. The summed E-state index contributed by atoms with van der Waals surface area (Å²) in [7, 11) is 3.69. The zero-order chi connectivity index (χ0) is 21.6. The van der Waals surface area contributed by atoms with Crippen molar-refractivity contribution in [3.8, 4) is 28.8 Å². The summed E-state index contributed by atoms with van der Waals surface area (Å²) >= 11 is 0. The van der Waals surface area contributed by atoms with E-state index in [1.165, 1.54) is 12.4 Å². The number of morpholine rings is 1. The van der Waals surface area contributed by atoms with Crippen molar-refractivity contribution in [2.24, 2.45) is 0 Å². The first kappa shape index (κ1) is 20.6. The Bertz CT molecular complexity index is 1060. The molecule has 2 aromatic heterocycles. The number of hydrogen-bond acceptors (Lipinski definition) is 9. The van der Waals surface area contributed by atoms with Crippen molar-refractivity contribution in [2.75, 3.05) is 45.8 Å². The molecule has 1 fully saturated rings. The number of aromatic nitrogens is 4. The number of nitrogens with zero attached hydrogens (tertiary/aromatic N) is 5. The summed E-state index contributed by atoms with van der Waals surface area (Å²) in [5.74, 6) is 2.35. The maximum Gasteiger partial charge on any atom is 0.158 e. The highest BCUT2D eigenvalue weighted by Gasteiger charge is 2.21. The maximum absolute atomic E-state index is 8.84. The number of likely N-dealkylation sites (N-methyl/N-ethyl adjacent to an activating group) is 1. The van der Waals surface area contributed by atoms with Gasteiger partial charge in [0.1, 0.15) is 36.1 Å². The van der Waals surface area contributed by atoms with Crippen LogP contribution in [0.5, 0.6) is 11.5 Å². The number of nitrogens with one attached hydrogen (secondary N) is 2. The maximum atomic E-state index is 8.84. The molecule has 2 N–H and O–H groups in total. The third-order valence-electron chi connectivity index (χ3n) is 4.84. The van der Waals surface area contributed by atoms with Gasteiger partial charge < -0.3 is 24.4 Å². The molecule has 1 aromatic carbocycles. The van der Waals surface area contributed by atoms with Crippen LogP contribution < -0.4 is 14.8 Å². The number of hydrogen-bond donors (Lipinski definition) is 2. The zero-order valence-electron chi connectivity index (χ0n) is 17.3. The van der Waals surface area contributed by atoms with Crippen LogP contribution in [-0.2, 0) is 4.74 Å². The van der Waals surface area contributed by atoms with Gasteiger partial charge in [-0.25, -0.2) is 9.97 Å². The van der Waals surface area contributed by atoms with Crippen LogP contribution in [0.1, 0.15) is 5.69 Å². The Balaban J connectivity index is 1.53. The second-order valence-corrected chi connectivity index (χ2v) is 7.09. The molecule has 160 valence electrons. The molecule has 0 saturated carbocycles. The van der Waals surface area contributed by atoms with Crippen LogP contribution in [0.15, 0.2) is 36.7 Å². The van der Waals surface area contributed by atoms with E-state index in [-0.39, 0.29) is 11.8 Å². The number of H-pyrrole nitrogens is 1. The van der Waals surface area contributed by atoms with Gasteiger partial charge in [-0.15, -0.1) is 0 Å². The van der Waals surface area contributed by atoms with Gasteiger partial charge in [-0.05, 0) is 19.2 Å². The smallest absolute Gasteiger partial charge is 0.158 e. The molecule has 1 aliphatic heterocycles. The molecule has 31 heavy (non-hydrogen) atoms. The Morgan fingerprint density at radius 3 is 2.90 bits per heavy atom. The van der Waals surface area contributed by atoms with E-state index in [0.29, 0.717) is 36.3 Å². The molecule has 10 heteroatoms. The Morgan fingerprint density at radius 1 is 1.29 bits per heavy atom. The predicted octanol–water partition coefficient (Wildman–Crippen LogP) is 2.20. The molecule has 0 spiro atoms. The van der Waals surface area contributed by atoms with E-state index < -0.39 is 0 Å². The van der Waals surface area contributed by atoms with Crippen molar-refractivity contribution in [1.82, 2.24) is 25.1 Å². The largest absolute Gasteiger partial charge is 0.496 e. The lowest BCUT2D eigenvalue weighted by Gasteiger charge is -2.30. The lowest BCUT2D eigenvalue weighted by molar-refractivity contribution is -0.0402. The van der Waals surface area contributed by atoms with E-state index in [1.807, 2.05) is 30.3 Å². The molecular formula is C21H23N7O3. The number of ether oxygens (including phenoxy) is 3. The second-order valence-electron chi connectivity index (χ2n) is 7.09. The summed E-state index contributed by atoms with van der Waals surface area (Å²) < 4.78 is 17.5. The monoisotopic (exact) mass is 421 g/mol. The van der Waals surface area contributed by atoms with E-state index in [2.05, 4.69) is 37.4 Å². The summed E-state index contributed by atoms with van der Waals surface area (Å²) in [6.07, 6.45) is 2.88. The Labute approximate surface area is 179 Å². The molecule has 3 heterocycles. The molecule has 3 aromatic rings. The van der Waals surface area contributed by atoms with Crippen LogP contribution in [0.25, 0.3) is 11.3 Å². The minimum atomic E-state index is 0.00625. The van der Waals surface area contributed by atoms with Gasteiger partial charge in [0.25, 0.3) is 0 Å². The summed E-state index contributed by atoms with van der Waals surface area (Å²) in [4.78, 5) is 10.4. The van der Waals surface area contributed by atoms with Crippen molar-refractivity contribution < 1.29 is 14.2 Å². The van der Waals surface area contributed by atoms with Crippen LogP contribution in [0, 0.1) is 11.3 Å². The summed E-state index contributed by atoms with van der Waals surface area (Å²) in [6.45, 7) is 2.88. The number of benzene rings is 1. The molecule has 10 nitrogen and oxygen atoms in total. The van der Waals surface area contributed by atoms with Crippen molar-refractivity contribution in [3.63, 3.8) is 0 Å². The highest BCUT2D eigenvalue weighted by molar-refractivity contribution is 5.76. The highest BCUT2D eigenvalue weighted by Crippen LogP contribution is 2.38. The van der Waals surface area contributed by atoms with Gasteiger partial charge in [0.05, 0.1) is 37.4 Å². The molecule has 4 rings (SSSR count). The molecule has 1 aliphatic rings. The summed E-state index contributed by atoms with van der Waals surface area (Å²) in [5, 5.41) is 19.2. The lowest BCUT2D eigenvalue weighted by Crippen LogP contribution is -2.42. The molecule has 0 amide bonds.